The van der Waals surface area contributed by atoms with Gasteiger partial charge in [-0.3, -0.25) is 9.69 Å². The summed E-state index contributed by atoms with van der Waals surface area (Å²) in [6.07, 6.45) is 0.959. The molecular weight excluding hydrogens is 438 g/mol. The van der Waals surface area contributed by atoms with Gasteiger partial charge in [-0.1, -0.05) is 36.4 Å². The maximum atomic E-state index is 12.0. The highest BCUT2D eigenvalue weighted by atomic mass is 32.2. The number of carbonyl (C=O) groups excluding carboxylic acids is 1. The van der Waals surface area contributed by atoms with Crippen molar-refractivity contribution in [3.05, 3.63) is 83.9 Å². The first-order valence-corrected chi connectivity index (χ1v) is 12.6. The van der Waals surface area contributed by atoms with E-state index in [1.807, 2.05) is 41.1 Å². The molecule has 1 fully saturated rings. The van der Waals surface area contributed by atoms with Crippen molar-refractivity contribution < 1.29 is 18.3 Å². The lowest BCUT2D eigenvalue weighted by Gasteiger charge is -2.36. The van der Waals surface area contributed by atoms with E-state index in [2.05, 4.69) is 21.9 Å². The number of anilines is 1. The Morgan fingerprint density at radius 1 is 0.939 bits per heavy atom. The minimum absolute atomic E-state index is 0.260. The largest absolute Gasteiger partial charge is 0.508 e. The summed E-state index contributed by atoms with van der Waals surface area (Å²) < 4.78 is 24.5. The normalized spacial score (nSPS) is 14.8. The molecule has 1 aliphatic heterocycles. The molecule has 2 N–H and O–H groups in total. The fourth-order valence-electron chi connectivity index (χ4n) is 4.07. The van der Waals surface area contributed by atoms with Gasteiger partial charge in [0.15, 0.2) is 0 Å². The van der Waals surface area contributed by atoms with Crippen molar-refractivity contribution >= 4 is 21.6 Å². The number of benzene rings is 3. The van der Waals surface area contributed by atoms with Crippen LogP contribution in [-0.2, 0) is 16.6 Å². The average Bonchev–Trinajstić information content (AvgIpc) is 2.79. The lowest BCUT2D eigenvalue weighted by molar-refractivity contribution is 0.0981. The second-order valence-corrected chi connectivity index (χ2v) is 9.97. The fraction of sp³-hybridized carbons (Fsp3) is 0.240. The molecular formula is C25H27N3O4S. The number of aromatic hydroxyl groups is 1. The topological polar surface area (TPSA) is 90.0 Å². The summed E-state index contributed by atoms with van der Waals surface area (Å²) in [7, 11) is -3.59. The zero-order valence-corrected chi connectivity index (χ0v) is 19.3. The van der Waals surface area contributed by atoms with Gasteiger partial charge in [-0.2, -0.15) is 0 Å². The third-order valence-corrected chi connectivity index (χ3v) is 6.27. The van der Waals surface area contributed by atoms with E-state index in [1.165, 1.54) is 5.56 Å². The number of hydrogen-bond donors (Lipinski definition) is 2. The third-order valence-electron chi connectivity index (χ3n) is 5.71. The summed E-state index contributed by atoms with van der Waals surface area (Å²) in [5, 5.41) is 9.86. The zero-order chi connectivity index (χ0) is 23.4. The Morgan fingerprint density at radius 2 is 1.64 bits per heavy atom. The molecule has 0 saturated carbocycles. The predicted octanol–water partition coefficient (Wildman–Crippen LogP) is 3.07. The van der Waals surface area contributed by atoms with Gasteiger partial charge < -0.3 is 10.0 Å². The molecule has 0 radical (unpaired) electrons. The number of nitrogens with zero attached hydrogens (tertiary/aromatic N) is 2. The van der Waals surface area contributed by atoms with Crippen LogP contribution in [0.25, 0.3) is 11.1 Å². The Hall–Kier alpha value is -3.36. The highest BCUT2D eigenvalue weighted by Crippen LogP contribution is 2.28. The molecule has 0 bridgehead atoms. The molecule has 8 heteroatoms. The number of nitrogens with one attached hydrogen (secondary N) is 1. The molecule has 4 rings (SSSR count). The van der Waals surface area contributed by atoms with Crippen LogP contribution >= 0.6 is 0 Å². The number of piperazine rings is 1. The first kappa shape index (κ1) is 22.8. The van der Waals surface area contributed by atoms with E-state index in [4.69, 9.17) is 0 Å². The monoisotopic (exact) mass is 465 g/mol. The minimum Gasteiger partial charge on any atom is -0.508 e. The number of hydrogen-bond acceptors (Lipinski definition) is 6. The molecule has 0 aromatic heterocycles. The number of phenolic OH excluding ortho intramolecular Hbond substituents is 1. The number of carbonyl (C=O) groups is 1. The molecule has 33 heavy (non-hydrogen) atoms. The van der Waals surface area contributed by atoms with Crippen LogP contribution in [0.3, 0.4) is 0 Å². The van der Waals surface area contributed by atoms with Gasteiger partial charge >= 0.3 is 0 Å². The van der Waals surface area contributed by atoms with Crippen molar-refractivity contribution in [1.29, 1.82) is 0 Å². The number of rotatable bonds is 6. The number of phenols is 1. The molecule has 0 unspecified atom stereocenters. The fourth-order valence-corrected chi connectivity index (χ4v) is 4.52. The number of sulfonamides is 1. The summed E-state index contributed by atoms with van der Waals surface area (Å²) in [6.45, 7) is 4.31. The molecule has 7 nitrogen and oxygen atoms in total. The summed E-state index contributed by atoms with van der Waals surface area (Å²) in [5.41, 5.74) is 4.66. The van der Waals surface area contributed by atoms with Gasteiger partial charge in [-0.15, -0.1) is 0 Å². The molecule has 0 aliphatic carbocycles. The summed E-state index contributed by atoms with van der Waals surface area (Å²) >= 11 is 0. The van der Waals surface area contributed by atoms with Crippen molar-refractivity contribution in [3.8, 4) is 16.9 Å². The molecule has 0 spiro atoms. The molecule has 0 atom stereocenters. The lowest BCUT2D eigenvalue weighted by Crippen LogP contribution is -2.46. The smallest absolute Gasteiger partial charge is 0.264 e. The highest BCUT2D eigenvalue weighted by molar-refractivity contribution is 7.89. The van der Waals surface area contributed by atoms with Crippen LogP contribution in [0.2, 0.25) is 0 Å². The molecule has 3 aromatic carbocycles. The van der Waals surface area contributed by atoms with Crippen molar-refractivity contribution in [3.63, 3.8) is 0 Å². The van der Waals surface area contributed by atoms with Crippen LogP contribution in [0.15, 0.2) is 72.8 Å². The standard InChI is InChI=1S/C25H27N3O4S/c1-33(31,32)26-25(30)19-9-11-22(12-10-19)28-15-13-27(14-16-28)18-21-5-2-3-8-24(21)20-6-4-7-23(29)17-20/h2-12,17,29H,13-16,18H2,1H3,(H,26,30). The first-order valence-electron chi connectivity index (χ1n) is 10.8. The Bertz CT molecular complexity index is 1230. The molecule has 172 valence electrons. The maximum absolute atomic E-state index is 12.0. The molecule has 1 amide bonds. The van der Waals surface area contributed by atoms with E-state index in [1.54, 1.807) is 24.3 Å². The van der Waals surface area contributed by atoms with Crippen LogP contribution < -0.4 is 9.62 Å². The van der Waals surface area contributed by atoms with Gasteiger partial charge in [0.25, 0.3) is 5.91 Å². The summed E-state index contributed by atoms with van der Waals surface area (Å²) in [6, 6.07) is 22.6. The van der Waals surface area contributed by atoms with E-state index < -0.39 is 15.9 Å². The van der Waals surface area contributed by atoms with Gasteiger partial charge in [0.2, 0.25) is 10.0 Å². The highest BCUT2D eigenvalue weighted by Gasteiger charge is 2.19. The van der Waals surface area contributed by atoms with E-state index in [9.17, 15) is 18.3 Å². The molecule has 1 saturated heterocycles. The maximum Gasteiger partial charge on any atom is 0.264 e. The lowest BCUT2D eigenvalue weighted by atomic mass is 9.99. The Kier molecular flexibility index (Phi) is 6.67. The summed E-state index contributed by atoms with van der Waals surface area (Å²) in [4.78, 5) is 16.7. The Morgan fingerprint density at radius 3 is 2.30 bits per heavy atom. The van der Waals surface area contributed by atoms with Gasteiger partial charge in [0.05, 0.1) is 6.26 Å². The van der Waals surface area contributed by atoms with Crippen molar-refractivity contribution in [2.75, 3.05) is 37.3 Å². The van der Waals surface area contributed by atoms with Crippen LogP contribution in [0.5, 0.6) is 5.75 Å². The Labute approximate surface area is 194 Å². The van der Waals surface area contributed by atoms with Crippen LogP contribution in [-0.4, -0.2) is 56.8 Å². The van der Waals surface area contributed by atoms with Gasteiger partial charge in [0, 0.05) is 44.0 Å². The van der Waals surface area contributed by atoms with E-state index >= 15 is 0 Å². The molecule has 1 heterocycles. The van der Waals surface area contributed by atoms with Crippen molar-refractivity contribution in [2.24, 2.45) is 0 Å². The first-order chi connectivity index (χ1) is 15.8. The second-order valence-electron chi connectivity index (χ2n) is 8.22. The number of amides is 1. The Balaban J connectivity index is 1.38. The SMILES string of the molecule is CS(=O)(=O)NC(=O)c1ccc(N2CCN(Cc3ccccc3-c3cccc(O)c3)CC2)cc1. The molecule has 3 aromatic rings. The van der Waals surface area contributed by atoms with Crippen LogP contribution in [0.1, 0.15) is 15.9 Å². The van der Waals surface area contributed by atoms with Gasteiger partial charge in [-0.05, 0) is 53.1 Å². The quantitative estimate of drug-likeness (QED) is 0.582. The average molecular weight is 466 g/mol. The van der Waals surface area contributed by atoms with Crippen LogP contribution in [0.4, 0.5) is 5.69 Å². The van der Waals surface area contributed by atoms with E-state index in [0.29, 0.717) is 5.56 Å². The summed E-state index contributed by atoms with van der Waals surface area (Å²) in [5.74, 6) is -0.366. The minimum atomic E-state index is -3.59. The predicted molar refractivity (Wildman–Crippen MR) is 130 cm³/mol. The van der Waals surface area contributed by atoms with Crippen molar-refractivity contribution in [2.45, 2.75) is 6.54 Å². The second kappa shape index (κ2) is 9.64. The van der Waals surface area contributed by atoms with E-state index in [-0.39, 0.29) is 5.75 Å². The third kappa shape index (κ3) is 5.91. The van der Waals surface area contributed by atoms with Gasteiger partial charge in [0.1, 0.15) is 5.75 Å². The molecule has 1 aliphatic rings. The van der Waals surface area contributed by atoms with E-state index in [0.717, 1.165) is 55.8 Å². The van der Waals surface area contributed by atoms with Crippen LogP contribution in [0, 0.1) is 0 Å². The zero-order valence-electron chi connectivity index (χ0n) is 18.4. The van der Waals surface area contributed by atoms with Gasteiger partial charge in [-0.25, -0.2) is 13.1 Å². The van der Waals surface area contributed by atoms with Crippen molar-refractivity contribution in [1.82, 2.24) is 9.62 Å².